The number of fused-ring (bicyclic) bond motifs is 2. The molecule has 2 N–H and O–H groups in total. The summed E-state index contributed by atoms with van der Waals surface area (Å²) in [6.45, 7) is 7.61. The molecule has 10 heteroatoms. The number of anilines is 1. The molecule has 1 unspecified atom stereocenters. The number of aromatic nitrogens is 1. The van der Waals surface area contributed by atoms with Gasteiger partial charge in [-0.25, -0.2) is 13.8 Å². The van der Waals surface area contributed by atoms with Crippen LogP contribution in [0.4, 0.5) is 14.6 Å². The molecule has 0 bridgehead atoms. The molecule has 3 aliphatic heterocycles. The quantitative estimate of drug-likeness (QED) is 0.350. The summed E-state index contributed by atoms with van der Waals surface area (Å²) >= 11 is 0. The van der Waals surface area contributed by atoms with Crippen molar-refractivity contribution in [1.29, 1.82) is 0 Å². The average Bonchev–Trinajstić information content (AvgIpc) is 3.46. The van der Waals surface area contributed by atoms with Gasteiger partial charge < -0.3 is 25.0 Å². The fraction of sp³-hybridized carbons (Fsp3) is 0.645. The van der Waals surface area contributed by atoms with E-state index >= 15 is 0 Å². The standard InChI is InChI=1S/C17H23F2NO.C13H20N2O2.CH3O.K/c1-17(2,19)13-8-15-12(10-20-5-3-4-6-20)7-14(18)9-16(15)21-11-13;1-17-12-9-10(5-2-3-8-16)15-13-11(12)6-4-7-14-13;1-2;/h7,9,13H,3-6,8,10-11H2,1-2H3;9,16H,2-8H2,1H3,(H,14,15);1H3;/q;;-1;+1. The summed E-state index contributed by atoms with van der Waals surface area (Å²) in [6.07, 6.45) is 7.89. The van der Waals surface area contributed by atoms with E-state index in [4.69, 9.17) is 19.7 Å². The zero-order valence-corrected chi connectivity index (χ0v) is 28.7. The predicted molar refractivity (Wildman–Crippen MR) is 152 cm³/mol. The largest absolute Gasteiger partial charge is 1.00 e. The van der Waals surface area contributed by atoms with Gasteiger partial charge in [-0.3, -0.25) is 4.90 Å². The van der Waals surface area contributed by atoms with Gasteiger partial charge in [-0.1, -0.05) is 0 Å². The Balaban J connectivity index is 0.000000270. The minimum absolute atomic E-state index is 0. The van der Waals surface area contributed by atoms with E-state index in [1.165, 1.54) is 24.5 Å². The Labute approximate surface area is 286 Å². The Morgan fingerprint density at radius 1 is 1.15 bits per heavy atom. The third-order valence-electron chi connectivity index (χ3n) is 7.81. The first kappa shape index (κ1) is 36.3. The van der Waals surface area contributed by atoms with E-state index in [2.05, 4.69) is 15.2 Å². The van der Waals surface area contributed by atoms with Gasteiger partial charge in [-0.15, -0.1) is 0 Å². The molecule has 1 saturated heterocycles. The summed E-state index contributed by atoms with van der Waals surface area (Å²) < 4.78 is 39.1. The number of likely N-dealkylation sites (tertiary alicyclic amines) is 1. The SMILES string of the molecule is CC(C)(F)C1COc2cc(F)cc(CN3CCCC3)c2C1.COc1cc(CCCCO)nc2c1CCCN2.C[O-].[K+]. The Bertz CT molecular complexity index is 1060. The molecule has 7 nitrogen and oxygen atoms in total. The molecule has 1 atom stereocenters. The number of benzene rings is 1. The van der Waals surface area contributed by atoms with Crippen molar-refractivity contribution in [2.24, 2.45) is 5.92 Å². The molecule has 0 spiro atoms. The number of aryl methyl sites for hydroxylation is 1. The van der Waals surface area contributed by atoms with Gasteiger partial charge in [0.25, 0.3) is 0 Å². The molecule has 2 aromatic rings. The number of rotatable bonds is 8. The van der Waals surface area contributed by atoms with E-state index in [1.54, 1.807) is 27.0 Å². The fourth-order valence-electron chi connectivity index (χ4n) is 5.47. The maximum Gasteiger partial charge on any atom is 1.00 e. The van der Waals surface area contributed by atoms with E-state index in [9.17, 15) is 8.78 Å². The van der Waals surface area contributed by atoms with E-state index < -0.39 is 5.67 Å². The minimum Gasteiger partial charge on any atom is -0.857 e. The molecule has 5 rings (SSSR count). The Hall–Kier alpha value is -0.854. The second-order valence-corrected chi connectivity index (χ2v) is 11.2. The van der Waals surface area contributed by atoms with Crippen LogP contribution in [-0.2, 0) is 25.8 Å². The van der Waals surface area contributed by atoms with Crippen molar-refractivity contribution < 1.29 is 79.9 Å². The first-order chi connectivity index (χ1) is 19.3. The Morgan fingerprint density at radius 2 is 1.88 bits per heavy atom. The molecule has 3 aliphatic rings. The van der Waals surface area contributed by atoms with Crippen LogP contribution in [0.1, 0.15) is 68.3 Å². The van der Waals surface area contributed by atoms with Gasteiger partial charge in [0.05, 0.1) is 13.7 Å². The average molecular weight is 602 g/mol. The number of hydrogen-bond acceptors (Lipinski definition) is 7. The summed E-state index contributed by atoms with van der Waals surface area (Å²) in [6, 6.07) is 5.06. The van der Waals surface area contributed by atoms with Crippen molar-refractivity contribution in [2.75, 3.05) is 52.4 Å². The van der Waals surface area contributed by atoms with Gasteiger partial charge >= 0.3 is 51.4 Å². The van der Waals surface area contributed by atoms with Crippen molar-refractivity contribution in [3.63, 3.8) is 0 Å². The van der Waals surface area contributed by atoms with Crippen molar-refractivity contribution in [3.8, 4) is 11.5 Å². The molecule has 0 radical (unpaired) electrons. The number of hydrogen-bond donors (Lipinski definition) is 2. The molecule has 0 aliphatic carbocycles. The third-order valence-corrected chi connectivity index (χ3v) is 7.81. The second-order valence-electron chi connectivity index (χ2n) is 11.2. The van der Waals surface area contributed by atoms with Gasteiger partial charge in [0, 0.05) is 49.0 Å². The van der Waals surface area contributed by atoms with Crippen LogP contribution in [0.25, 0.3) is 0 Å². The summed E-state index contributed by atoms with van der Waals surface area (Å²) in [5.74, 6) is 2.09. The number of ether oxygens (including phenoxy) is 2. The van der Waals surface area contributed by atoms with E-state index in [0.29, 0.717) is 18.8 Å². The molecule has 1 aromatic heterocycles. The molecule has 41 heavy (non-hydrogen) atoms. The summed E-state index contributed by atoms with van der Waals surface area (Å²) in [7, 11) is 2.46. The molecule has 0 amide bonds. The number of methoxy groups -OCH3 is 1. The van der Waals surface area contributed by atoms with Crippen LogP contribution in [0.2, 0.25) is 0 Å². The summed E-state index contributed by atoms with van der Waals surface area (Å²) in [5, 5.41) is 20.4. The number of nitrogens with zero attached hydrogens (tertiary/aromatic N) is 2. The van der Waals surface area contributed by atoms with Crippen molar-refractivity contribution in [1.82, 2.24) is 9.88 Å². The smallest absolute Gasteiger partial charge is 0.857 e. The van der Waals surface area contributed by atoms with Gasteiger partial charge in [-0.2, -0.15) is 7.11 Å². The van der Waals surface area contributed by atoms with Crippen LogP contribution in [0, 0.1) is 11.7 Å². The van der Waals surface area contributed by atoms with E-state index in [0.717, 1.165) is 93.8 Å². The van der Waals surface area contributed by atoms with Gasteiger partial charge in [0.2, 0.25) is 0 Å². The Morgan fingerprint density at radius 3 is 2.54 bits per heavy atom. The van der Waals surface area contributed by atoms with Crippen molar-refractivity contribution in [2.45, 2.75) is 77.4 Å². The summed E-state index contributed by atoms with van der Waals surface area (Å²) in [4.78, 5) is 6.95. The van der Waals surface area contributed by atoms with Crippen molar-refractivity contribution >= 4 is 5.82 Å². The minimum atomic E-state index is -1.28. The zero-order valence-electron chi connectivity index (χ0n) is 25.5. The van der Waals surface area contributed by atoms with Crippen LogP contribution in [0.5, 0.6) is 11.5 Å². The van der Waals surface area contributed by atoms with Crippen molar-refractivity contribution in [3.05, 3.63) is 46.4 Å². The summed E-state index contributed by atoms with van der Waals surface area (Å²) in [5.41, 5.74) is 2.91. The third kappa shape index (κ3) is 10.7. The number of aliphatic hydroxyl groups is 1. The second kappa shape index (κ2) is 18.1. The number of pyridine rings is 1. The molecular formula is C31H46F2KN3O4. The molecule has 0 saturated carbocycles. The van der Waals surface area contributed by atoms with E-state index in [-0.39, 0.29) is 69.7 Å². The number of nitrogens with one attached hydrogen (secondary N) is 1. The van der Waals surface area contributed by atoms with Gasteiger partial charge in [0.1, 0.15) is 28.8 Å². The zero-order chi connectivity index (χ0) is 29.1. The van der Waals surface area contributed by atoms with Gasteiger partial charge in [-0.05, 0) is 95.5 Å². The van der Waals surface area contributed by atoms with Crippen LogP contribution < -0.4 is 71.3 Å². The van der Waals surface area contributed by atoms with Crippen LogP contribution in [0.3, 0.4) is 0 Å². The number of halogens is 2. The molecule has 224 valence electrons. The number of unbranched alkanes of at least 4 members (excludes halogenated alkanes) is 1. The maximum absolute atomic E-state index is 14.2. The Kier molecular flexibility index (Phi) is 16.0. The maximum atomic E-state index is 14.2. The molecule has 1 fully saturated rings. The number of aliphatic hydroxyl groups excluding tert-OH is 1. The first-order valence-corrected chi connectivity index (χ1v) is 14.5. The van der Waals surface area contributed by atoms with E-state index in [1.807, 2.05) is 6.07 Å². The predicted octanol–water partition coefficient (Wildman–Crippen LogP) is 1.46. The molecule has 1 aromatic carbocycles. The molecule has 4 heterocycles. The van der Waals surface area contributed by atoms with Crippen LogP contribution >= 0.6 is 0 Å². The normalized spacial score (nSPS) is 17.7. The van der Waals surface area contributed by atoms with Crippen LogP contribution in [-0.4, -0.2) is 67.7 Å². The fourth-order valence-corrected chi connectivity index (χ4v) is 5.47. The monoisotopic (exact) mass is 601 g/mol. The molecular weight excluding hydrogens is 555 g/mol. The number of alkyl halides is 1. The van der Waals surface area contributed by atoms with Crippen LogP contribution in [0.15, 0.2) is 18.2 Å². The first-order valence-electron chi connectivity index (χ1n) is 14.5. The topological polar surface area (TPSA) is 89.9 Å². The van der Waals surface area contributed by atoms with Gasteiger partial charge in [0.15, 0.2) is 0 Å².